The molecular weight excluding hydrogens is 527 g/mol. The van der Waals surface area contributed by atoms with E-state index in [1.54, 1.807) is 28.7 Å². The van der Waals surface area contributed by atoms with Gasteiger partial charge >= 0.3 is 219 Å². The molecule has 0 radical (unpaired) electrons. The largest absolute Gasteiger partial charge is 1.00 e. The second-order valence-electron chi connectivity index (χ2n) is 12.9. The Balaban J connectivity index is 0.00000140. The SMILES string of the molecule is CC(C)c1ccc2c(c1)Cc1c-2ccc(C(C)C)[c]1[Ti+2]([C]1=CC=CC1)=[C]1C2CC3CC(C2)CC1C3.[Cl-].[Cl-]. The number of halogens is 2. The summed E-state index contributed by atoms with van der Waals surface area (Å²) in [6.07, 6.45) is 17.4. The molecule has 0 unspecified atom stereocenters. The van der Waals surface area contributed by atoms with Crippen LogP contribution in [-0.4, -0.2) is 3.81 Å². The molecule has 0 aromatic heterocycles. The zero-order valence-corrected chi connectivity index (χ0v) is 25.9. The van der Waals surface area contributed by atoms with E-state index in [-0.39, 0.29) is 24.8 Å². The Labute approximate surface area is 242 Å². The summed E-state index contributed by atoms with van der Waals surface area (Å²) in [6, 6.07) is 12.4. The van der Waals surface area contributed by atoms with Crippen molar-refractivity contribution in [2.45, 2.75) is 84.5 Å². The van der Waals surface area contributed by atoms with Crippen molar-refractivity contribution in [3.63, 3.8) is 0 Å². The van der Waals surface area contributed by atoms with Crippen molar-refractivity contribution in [3.8, 4) is 11.1 Å². The van der Waals surface area contributed by atoms with Crippen LogP contribution in [-0.2, 0) is 23.8 Å². The van der Waals surface area contributed by atoms with Gasteiger partial charge in [-0.15, -0.1) is 0 Å². The van der Waals surface area contributed by atoms with Crippen LogP contribution in [0.1, 0.15) is 100 Å². The fourth-order valence-corrected chi connectivity index (χ4v) is 15.0. The number of benzene rings is 2. The van der Waals surface area contributed by atoms with Crippen LogP contribution in [0.2, 0.25) is 0 Å². The van der Waals surface area contributed by atoms with Crippen molar-refractivity contribution < 1.29 is 42.2 Å². The van der Waals surface area contributed by atoms with Crippen molar-refractivity contribution in [2.24, 2.45) is 23.7 Å². The Morgan fingerprint density at radius 1 is 0.784 bits per heavy atom. The van der Waals surface area contributed by atoms with Crippen molar-refractivity contribution in [2.75, 3.05) is 0 Å². The fraction of sp³-hybridized carbons (Fsp3) is 0.500. The minimum absolute atomic E-state index is 0. The van der Waals surface area contributed by atoms with Gasteiger partial charge in [0.2, 0.25) is 0 Å². The third kappa shape index (κ3) is 4.53. The fourth-order valence-electron chi connectivity index (χ4n) is 8.67. The quantitative estimate of drug-likeness (QED) is 0.425. The van der Waals surface area contributed by atoms with Crippen LogP contribution in [0, 0.1) is 23.7 Å². The van der Waals surface area contributed by atoms with Crippen LogP contribution in [0.15, 0.2) is 52.4 Å². The monoisotopic (exact) mass is 566 g/mol. The minimum atomic E-state index is -1.79. The van der Waals surface area contributed by atoms with Crippen LogP contribution in [0.3, 0.4) is 0 Å². The molecule has 2 aromatic rings. The summed E-state index contributed by atoms with van der Waals surface area (Å²) >= 11 is -1.79. The Morgan fingerprint density at radius 2 is 1.46 bits per heavy atom. The molecule has 0 amide bonds. The molecule has 6 aliphatic carbocycles. The number of allylic oxidation sites excluding steroid dienone is 4. The van der Waals surface area contributed by atoms with E-state index in [0.717, 1.165) is 30.1 Å². The molecule has 6 aliphatic rings. The molecule has 0 heterocycles. The van der Waals surface area contributed by atoms with Gasteiger partial charge in [0.15, 0.2) is 0 Å². The van der Waals surface area contributed by atoms with Crippen LogP contribution < -0.4 is 28.7 Å². The van der Waals surface area contributed by atoms with Crippen LogP contribution >= 0.6 is 0 Å². The summed E-state index contributed by atoms with van der Waals surface area (Å²) < 4.78 is 5.86. The molecule has 0 saturated heterocycles. The average Bonchev–Trinajstić information content (AvgIpc) is 3.48. The van der Waals surface area contributed by atoms with Gasteiger partial charge in [-0.3, -0.25) is 0 Å². The zero-order chi connectivity index (χ0) is 23.8. The molecule has 4 fully saturated rings. The molecule has 0 atom stereocenters. The molecule has 0 spiro atoms. The van der Waals surface area contributed by atoms with E-state index >= 15 is 0 Å². The summed E-state index contributed by atoms with van der Waals surface area (Å²) in [4.78, 5) is 0. The van der Waals surface area contributed by atoms with Crippen molar-refractivity contribution in [1.29, 1.82) is 0 Å². The van der Waals surface area contributed by atoms with Gasteiger partial charge in [0.05, 0.1) is 0 Å². The molecule has 4 bridgehead atoms. The first-order chi connectivity index (χ1) is 17.0. The molecule has 8 rings (SSSR count). The van der Waals surface area contributed by atoms with Gasteiger partial charge in [0, 0.05) is 0 Å². The number of hydrogen-bond donors (Lipinski definition) is 0. The normalized spacial score (nSPS) is 26.0. The van der Waals surface area contributed by atoms with Crippen LogP contribution in [0.5, 0.6) is 0 Å². The van der Waals surface area contributed by atoms with Gasteiger partial charge in [-0.2, -0.15) is 0 Å². The van der Waals surface area contributed by atoms with Crippen molar-refractivity contribution in [3.05, 3.63) is 74.7 Å². The standard InChI is InChI=1S/C19H21.C10H14.C5H5.2ClH.Ti/c1-12(2)14-5-7-18-16(9-14)11-17-10-15(13(3)4)6-8-19(17)18;1-7-2-9-4-8(1)5-10(3-7)6-9;1-2-4-5-3-1;;;/h5-9,12-13H,11H2,1-4H3;7-10H,1-5H2;1-3H,4H2;2*1H;/q;;;;;+2/p-2. The third-order valence-corrected chi connectivity index (χ3v) is 15.5. The molecule has 3 heteroatoms. The molecule has 0 N–H and O–H groups in total. The summed E-state index contributed by atoms with van der Waals surface area (Å²) in [5.41, 5.74) is 9.58. The van der Waals surface area contributed by atoms with Crippen molar-refractivity contribution in [1.82, 2.24) is 0 Å². The predicted octanol–water partition coefficient (Wildman–Crippen LogP) is 2.23. The Bertz CT molecular complexity index is 1280. The second-order valence-corrected chi connectivity index (χ2v) is 16.8. The molecule has 37 heavy (non-hydrogen) atoms. The molecular formula is C34H40Cl2Ti. The first-order valence-corrected chi connectivity index (χ1v) is 16.7. The van der Waals surface area contributed by atoms with Gasteiger partial charge < -0.3 is 24.8 Å². The molecule has 0 nitrogen and oxygen atoms in total. The maximum Gasteiger partial charge on any atom is -1.00 e. The summed E-state index contributed by atoms with van der Waals surface area (Å²) in [6.45, 7) is 9.56. The van der Waals surface area contributed by atoms with E-state index in [1.165, 1.54) is 43.2 Å². The van der Waals surface area contributed by atoms with E-state index in [0.29, 0.717) is 11.8 Å². The van der Waals surface area contributed by atoms with Crippen molar-refractivity contribution >= 4 is 7.68 Å². The zero-order valence-electron chi connectivity index (χ0n) is 22.8. The smallest absolute Gasteiger partial charge is 1.00 e. The number of fused-ring (bicyclic) bond motifs is 3. The summed E-state index contributed by atoms with van der Waals surface area (Å²) in [5.74, 6) is 5.16. The van der Waals surface area contributed by atoms with Gasteiger partial charge in [0.1, 0.15) is 0 Å². The summed E-state index contributed by atoms with van der Waals surface area (Å²) in [7, 11) is 0. The molecule has 4 saturated carbocycles. The third-order valence-electron chi connectivity index (χ3n) is 10.1. The average molecular weight is 567 g/mol. The van der Waals surface area contributed by atoms with E-state index in [4.69, 9.17) is 0 Å². The maximum absolute atomic E-state index is 2.57. The number of rotatable bonds is 4. The van der Waals surface area contributed by atoms with Gasteiger partial charge in [-0.25, -0.2) is 0 Å². The topological polar surface area (TPSA) is 0 Å². The van der Waals surface area contributed by atoms with Gasteiger partial charge in [-0.1, -0.05) is 0 Å². The predicted molar refractivity (Wildman–Crippen MR) is 146 cm³/mol. The molecule has 2 aromatic carbocycles. The van der Waals surface area contributed by atoms with E-state index in [9.17, 15) is 0 Å². The second kappa shape index (κ2) is 10.6. The Morgan fingerprint density at radius 3 is 2.05 bits per heavy atom. The van der Waals surface area contributed by atoms with E-state index < -0.39 is 17.4 Å². The maximum atomic E-state index is 2.57. The van der Waals surface area contributed by atoms with Crippen LogP contribution in [0.25, 0.3) is 11.1 Å². The first kappa shape index (κ1) is 27.6. The Kier molecular flexibility index (Phi) is 7.90. The molecule has 194 valence electrons. The number of hydrogen-bond acceptors (Lipinski definition) is 0. The van der Waals surface area contributed by atoms with E-state index in [2.05, 4.69) is 80.1 Å². The summed E-state index contributed by atoms with van der Waals surface area (Å²) in [5, 5.41) is 0. The molecule has 0 aliphatic heterocycles. The van der Waals surface area contributed by atoms with E-state index in [1.807, 2.05) is 7.75 Å². The Hall–Kier alpha value is -0.916. The van der Waals surface area contributed by atoms with Gasteiger partial charge in [-0.05, 0) is 0 Å². The first-order valence-electron chi connectivity index (χ1n) is 14.4. The van der Waals surface area contributed by atoms with Gasteiger partial charge in [0.25, 0.3) is 0 Å². The minimum Gasteiger partial charge on any atom is -1.00 e. The van der Waals surface area contributed by atoms with Crippen LogP contribution in [0.4, 0.5) is 0 Å².